The molecule has 1 heterocycles. The number of aromatic nitrogens is 2. The minimum Gasteiger partial charge on any atom is -0.251 e. The smallest absolute Gasteiger partial charge is 0.150 e. The average molecular weight is 149 g/mol. The number of allylic oxidation sites excluding steroid dienone is 1. The Kier molecular flexibility index (Phi) is 2.21. The summed E-state index contributed by atoms with van der Waals surface area (Å²) in [5.74, 6) is 0.849. The van der Waals surface area contributed by atoms with Gasteiger partial charge in [-0.3, -0.25) is 4.68 Å². The number of aliphatic imine (C=N–C) groups is 1. The first-order chi connectivity index (χ1) is 5.24. The topological polar surface area (TPSA) is 30.2 Å². The normalized spacial score (nSPS) is 11.6. The van der Waals surface area contributed by atoms with Gasteiger partial charge >= 0.3 is 0 Å². The van der Waals surface area contributed by atoms with E-state index in [1.807, 2.05) is 20.0 Å². The van der Waals surface area contributed by atoms with Crippen molar-refractivity contribution in [2.24, 2.45) is 12.0 Å². The molecule has 0 aliphatic carbocycles. The van der Waals surface area contributed by atoms with Gasteiger partial charge in [-0.2, -0.15) is 5.10 Å². The molecular weight excluding hydrogens is 138 g/mol. The lowest BCUT2D eigenvalue weighted by molar-refractivity contribution is 0.770. The lowest BCUT2D eigenvalue weighted by atomic mass is 10.4. The van der Waals surface area contributed by atoms with Crippen LogP contribution in [0.4, 0.5) is 5.82 Å². The molecule has 3 heteroatoms. The molecule has 1 aromatic heterocycles. The van der Waals surface area contributed by atoms with Crippen molar-refractivity contribution in [2.45, 2.75) is 6.92 Å². The molecule has 0 saturated carbocycles. The van der Waals surface area contributed by atoms with Crippen LogP contribution < -0.4 is 0 Å². The van der Waals surface area contributed by atoms with Crippen LogP contribution in [0.1, 0.15) is 6.92 Å². The van der Waals surface area contributed by atoms with Crippen molar-refractivity contribution >= 4 is 11.5 Å². The first kappa shape index (κ1) is 7.72. The van der Waals surface area contributed by atoms with E-state index in [1.54, 1.807) is 17.0 Å². The summed E-state index contributed by atoms with van der Waals surface area (Å²) in [6, 6.07) is 1.85. The molecule has 0 aromatic carbocycles. The van der Waals surface area contributed by atoms with Gasteiger partial charge in [0.2, 0.25) is 0 Å². The van der Waals surface area contributed by atoms with Crippen molar-refractivity contribution in [3.8, 4) is 0 Å². The first-order valence-corrected chi connectivity index (χ1v) is 3.40. The summed E-state index contributed by atoms with van der Waals surface area (Å²) in [7, 11) is 1.86. The van der Waals surface area contributed by atoms with E-state index < -0.39 is 0 Å². The minimum absolute atomic E-state index is 0.849. The summed E-state index contributed by atoms with van der Waals surface area (Å²) in [6.07, 6.45) is 3.43. The zero-order valence-electron chi connectivity index (χ0n) is 6.78. The molecule has 0 aliphatic heterocycles. The second-order valence-corrected chi connectivity index (χ2v) is 2.27. The van der Waals surface area contributed by atoms with E-state index in [0.29, 0.717) is 0 Å². The fourth-order valence-electron chi connectivity index (χ4n) is 0.703. The van der Waals surface area contributed by atoms with Crippen molar-refractivity contribution < 1.29 is 0 Å². The van der Waals surface area contributed by atoms with Gasteiger partial charge in [-0.05, 0) is 13.0 Å². The molecule has 3 nitrogen and oxygen atoms in total. The zero-order chi connectivity index (χ0) is 8.27. The van der Waals surface area contributed by atoms with Crippen molar-refractivity contribution in [1.82, 2.24) is 9.78 Å². The molecule has 0 N–H and O–H groups in total. The molecule has 0 fully saturated rings. The standard InChI is InChI=1S/C8H11N3/c1-4-7(2)10-8-5-6-9-11(8)3/h4-6H,1H2,2-3H3. The van der Waals surface area contributed by atoms with Crippen LogP contribution in [0, 0.1) is 0 Å². The molecule has 0 spiro atoms. The van der Waals surface area contributed by atoms with Gasteiger partial charge in [0.1, 0.15) is 5.82 Å². The number of aryl methyl sites for hydroxylation is 1. The van der Waals surface area contributed by atoms with Crippen LogP contribution in [0.25, 0.3) is 0 Å². The van der Waals surface area contributed by atoms with Crippen LogP contribution in [-0.2, 0) is 7.05 Å². The summed E-state index contributed by atoms with van der Waals surface area (Å²) in [5, 5.41) is 3.98. The molecule has 58 valence electrons. The fourth-order valence-corrected chi connectivity index (χ4v) is 0.703. The van der Waals surface area contributed by atoms with Crippen molar-refractivity contribution in [1.29, 1.82) is 0 Å². The first-order valence-electron chi connectivity index (χ1n) is 3.40. The number of hydrogen-bond acceptors (Lipinski definition) is 2. The number of nitrogens with zero attached hydrogens (tertiary/aromatic N) is 3. The third-order valence-corrected chi connectivity index (χ3v) is 1.38. The largest absolute Gasteiger partial charge is 0.251 e. The predicted molar refractivity (Wildman–Crippen MR) is 46.2 cm³/mol. The van der Waals surface area contributed by atoms with Gasteiger partial charge in [0, 0.05) is 18.8 Å². The molecule has 1 aromatic rings. The summed E-state index contributed by atoms with van der Waals surface area (Å²) in [5.41, 5.74) is 0.897. The van der Waals surface area contributed by atoms with Crippen LogP contribution in [0.2, 0.25) is 0 Å². The zero-order valence-corrected chi connectivity index (χ0v) is 6.78. The predicted octanol–water partition coefficient (Wildman–Crippen LogP) is 1.70. The second-order valence-electron chi connectivity index (χ2n) is 2.27. The Bertz CT molecular complexity index is 283. The molecular formula is C8H11N3. The highest BCUT2D eigenvalue weighted by Crippen LogP contribution is 2.08. The fraction of sp³-hybridized carbons (Fsp3) is 0.250. The molecule has 1 rings (SSSR count). The van der Waals surface area contributed by atoms with Gasteiger partial charge in [-0.15, -0.1) is 0 Å². The highest BCUT2D eigenvalue weighted by Gasteiger charge is 1.93. The molecule has 0 atom stereocenters. The van der Waals surface area contributed by atoms with Gasteiger partial charge in [-0.1, -0.05) is 6.58 Å². The summed E-state index contributed by atoms with van der Waals surface area (Å²) in [6.45, 7) is 5.51. The minimum atomic E-state index is 0.849. The second kappa shape index (κ2) is 3.14. The monoisotopic (exact) mass is 149 g/mol. The van der Waals surface area contributed by atoms with Crippen LogP contribution in [0.3, 0.4) is 0 Å². The Morgan fingerprint density at radius 3 is 3.00 bits per heavy atom. The molecule has 0 aliphatic rings. The molecule has 0 bridgehead atoms. The van der Waals surface area contributed by atoms with Crippen LogP contribution in [-0.4, -0.2) is 15.5 Å². The maximum atomic E-state index is 4.24. The highest BCUT2D eigenvalue weighted by molar-refractivity contribution is 5.93. The van der Waals surface area contributed by atoms with E-state index in [1.165, 1.54) is 0 Å². The lowest BCUT2D eigenvalue weighted by Crippen LogP contribution is -1.90. The van der Waals surface area contributed by atoms with Crippen LogP contribution in [0.15, 0.2) is 29.9 Å². The van der Waals surface area contributed by atoms with E-state index in [9.17, 15) is 0 Å². The van der Waals surface area contributed by atoms with Gasteiger partial charge in [0.25, 0.3) is 0 Å². The van der Waals surface area contributed by atoms with Gasteiger partial charge < -0.3 is 0 Å². The Morgan fingerprint density at radius 2 is 2.55 bits per heavy atom. The Morgan fingerprint density at radius 1 is 1.82 bits per heavy atom. The van der Waals surface area contributed by atoms with E-state index >= 15 is 0 Å². The Labute approximate surface area is 66.1 Å². The van der Waals surface area contributed by atoms with Crippen molar-refractivity contribution in [3.63, 3.8) is 0 Å². The summed E-state index contributed by atoms with van der Waals surface area (Å²) < 4.78 is 1.72. The van der Waals surface area contributed by atoms with Gasteiger partial charge in [0.15, 0.2) is 0 Å². The van der Waals surface area contributed by atoms with E-state index in [2.05, 4.69) is 16.7 Å². The number of rotatable bonds is 2. The highest BCUT2D eigenvalue weighted by atomic mass is 15.3. The Balaban J connectivity index is 2.94. The van der Waals surface area contributed by atoms with Gasteiger partial charge in [0.05, 0.1) is 6.20 Å². The molecule has 0 saturated heterocycles. The number of hydrogen-bond donors (Lipinski definition) is 0. The van der Waals surface area contributed by atoms with Crippen molar-refractivity contribution in [2.75, 3.05) is 0 Å². The molecule has 0 unspecified atom stereocenters. The quantitative estimate of drug-likeness (QED) is 0.588. The maximum absolute atomic E-state index is 4.24. The molecule has 0 amide bonds. The van der Waals surface area contributed by atoms with E-state index in [4.69, 9.17) is 0 Å². The van der Waals surface area contributed by atoms with Crippen LogP contribution in [0.5, 0.6) is 0 Å². The third-order valence-electron chi connectivity index (χ3n) is 1.38. The lowest BCUT2D eigenvalue weighted by Gasteiger charge is -1.94. The maximum Gasteiger partial charge on any atom is 0.150 e. The van der Waals surface area contributed by atoms with Crippen LogP contribution >= 0.6 is 0 Å². The average Bonchev–Trinajstić information content (AvgIpc) is 2.37. The van der Waals surface area contributed by atoms with Crippen molar-refractivity contribution in [3.05, 3.63) is 24.9 Å². The SMILES string of the molecule is C=CC(C)=Nc1ccnn1C. The van der Waals surface area contributed by atoms with Gasteiger partial charge in [-0.25, -0.2) is 4.99 Å². The third kappa shape index (κ3) is 1.77. The summed E-state index contributed by atoms with van der Waals surface area (Å²) >= 11 is 0. The summed E-state index contributed by atoms with van der Waals surface area (Å²) in [4.78, 5) is 4.24. The van der Waals surface area contributed by atoms with E-state index in [0.717, 1.165) is 11.5 Å². The molecule has 11 heavy (non-hydrogen) atoms. The Hall–Kier alpha value is -1.38. The molecule has 0 radical (unpaired) electrons. The van der Waals surface area contributed by atoms with E-state index in [-0.39, 0.29) is 0 Å².